The summed E-state index contributed by atoms with van der Waals surface area (Å²) >= 11 is 6.51. The Morgan fingerprint density at radius 2 is 1.54 bits per heavy atom. The molecule has 6 rings (SSSR count). The van der Waals surface area contributed by atoms with Gasteiger partial charge in [0, 0.05) is 10.9 Å². The minimum atomic E-state index is -4.20. The monoisotopic (exact) mass is 581 g/mol. The number of amides is 1. The highest BCUT2D eigenvalue weighted by atomic mass is 35.5. The number of sulfonamides is 1. The zero-order valence-corrected chi connectivity index (χ0v) is 24.2. The van der Waals surface area contributed by atoms with Crippen molar-refractivity contribution in [2.24, 2.45) is 10.5 Å². The van der Waals surface area contributed by atoms with E-state index in [1.54, 1.807) is 55.5 Å². The van der Waals surface area contributed by atoms with Gasteiger partial charge in [0.25, 0.3) is 15.9 Å². The molecule has 8 heteroatoms. The van der Waals surface area contributed by atoms with Crippen LogP contribution in [0.4, 0.5) is 11.4 Å². The molecule has 0 aromatic heterocycles. The van der Waals surface area contributed by atoms with Crippen molar-refractivity contribution in [1.82, 2.24) is 0 Å². The van der Waals surface area contributed by atoms with Gasteiger partial charge in [0.2, 0.25) is 0 Å². The number of hydrogen-bond acceptors (Lipinski definition) is 4. The molecule has 0 N–H and O–H groups in total. The Bertz CT molecular complexity index is 1790. The van der Waals surface area contributed by atoms with Gasteiger partial charge >= 0.3 is 0 Å². The number of fused-ring (bicyclic) bond motifs is 1. The van der Waals surface area contributed by atoms with Crippen LogP contribution in [0.2, 0.25) is 5.02 Å². The molecule has 2 heterocycles. The molecule has 3 atom stereocenters. The summed E-state index contributed by atoms with van der Waals surface area (Å²) in [6.07, 6.45) is 1.71. The van der Waals surface area contributed by atoms with Crippen molar-refractivity contribution in [2.75, 3.05) is 9.31 Å². The molecule has 0 radical (unpaired) electrons. The summed E-state index contributed by atoms with van der Waals surface area (Å²) in [5.41, 5.74) is 2.26. The van der Waals surface area contributed by atoms with Crippen LogP contribution in [0.5, 0.6) is 0 Å². The van der Waals surface area contributed by atoms with E-state index < -0.39 is 27.4 Å². The van der Waals surface area contributed by atoms with Crippen molar-refractivity contribution in [3.05, 3.63) is 137 Å². The van der Waals surface area contributed by atoms with Crippen LogP contribution in [0, 0.1) is 12.3 Å². The first-order chi connectivity index (χ1) is 19.7. The second-order valence-corrected chi connectivity index (χ2v) is 12.6. The molecule has 6 nitrogen and oxygen atoms in total. The number of halogens is 1. The highest BCUT2D eigenvalue weighted by Gasteiger charge is 2.65. The van der Waals surface area contributed by atoms with E-state index in [4.69, 9.17) is 16.7 Å². The number of hydrogen-bond donors (Lipinski definition) is 0. The SMILES string of the molecule is C=C[C@@H]1c2cc(Cl)ccc2N(S(=O)(=O)c2ccc(C)cc2)[C@H](c2ccccc2)[C@]12C(=O)N(c1ccccc1)N=C2C. The summed E-state index contributed by atoms with van der Waals surface area (Å²) in [4.78, 5) is 15.0. The predicted molar refractivity (Wildman–Crippen MR) is 164 cm³/mol. The molecule has 1 spiro atoms. The standard InChI is InChI=1S/C33H28ClN3O3S/c1-4-29-28-21-25(34)17-20-30(28)37(41(39,40)27-18-15-22(2)16-19-27)31(24-11-7-5-8-12-24)33(29)23(3)35-36(32(33)38)26-13-9-6-10-14-26/h4-21,29,31H,1H2,2-3H3/t29-,31-,33-/m1/s1. The molecular weight excluding hydrogens is 554 g/mol. The number of carbonyl (C=O) groups excluding carboxylic acids is 1. The van der Waals surface area contributed by atoms with Crippen LogP contribution in [0.15, 0.2) is 126 Å². The van der Waals surface area contributed by atoms with Gasteiger partial charge in [-0.2, -0.15) is 10.1 Å². The molecule has 2 aliphatic heterocycles. The van der Waals surface area contributed by atoms with Crippen LogP contribution in [0.25, 0.3) is 0 Å². The van der Waals surface area contributed by atoms with Crippen LogP contribution in [0.1, 0.15) is 35.6 Å². The lowest BCUT2D eigenvalue weighted by molar-refractivity contribution is -0.125. The third kappa shape index (κ3) is 4.03. The number of anilines is 2. The lowest BCUT2D eigenvalue weighted by Gasteiger charge is -2.51. The fourth-order valence-electron chi connectivity index (χ4n) is 6.18. The van der Waals surface area contributed by atoms with E-state index in [0.29, 0.717) is 33.2 Å². The number of aryl methyl sites for hydroxylation is 1. The third-order valence-corrected chi connectivity index (χ3v) is 10.1. The fraction of sp³-hybridized carbons (Fsp3) is 0.152. The first-order valence-electron chi connectivity index (χ1n) is 13.2. The van der Waals surface area contributed by atoms with Crippen molar-refractivity contribution in [2.45, 2.75) is 30.7 Å². The van der Waals surface area contributed by atoms with E-state index in [-0.39, 0.29) is 10.8 Å². The summed E-state index contributed by atoms with van der Waals surface area (Å²) < 4.78 is 30.9. The molecule has 0 fully saturated rings. The Labute approximate surface area is 245 Å². The molecule has 0 bridgehead atoms. The summed E-state index contributed by atoms with van der Waals surface area (Å²) in [6.45, 7) is 7.84. The Kier molecular flexibility index (Phi) is 6.59. The highest BCUT2D eigenvalue weighted by Crippen LogP contribution is 2.61. The number of hydrazone groups is 1. The van der Waals surface area contributed by atoms with E-state index in [2.05, 4.69) is 6.58 Å². The average Bonchev–Trinajstić information content (AvgIpc) is 3.23. The number of allylic oxidation sites excluding steroid dienone is 1. The Morgan fingerprint density at radius 1 is 0.902 bits per heavy atom. The Morgan fingerprint density at radius 3 is 2.17 bits per heavy atom. The van der Waals surface area contributed by atoms with Crippen molar-refractivity contribution < 1.29 is 13.2 Å². The van der Waals surface area contributed by atoms with Gasteiger partial charge in [-0.15, -0.1) is 6.58 Å². The zero-order chi connectivity index (χ0) is 28.9. The number of rotatable bonds is 5. The average molecular weight is 582 g/mol. The zero-order valence-electron chi connectivity index (χ0n) is 22.6. The minimum Gasteiger partial charge on any atom is -0.271 e. The van der Waals surface area contributed by atoms with Gasteiger partial charge in [0.05, 0.1) is 28.0 Å². The number of para-hydroxylation sites is 1. The number of benzene rings is 4. The third-order valence-electron chi connectivity index (χ3n) is 8.04. The van der Waals surface area contributed by atoms with Gasteiger partial charge in [-0.1, -0.05) is 83.9 Å². The van der Waals surface area contributed by atoms with Gasteiger partial charge < -0.3 is 0 Å². The molecule has 4 aromatic carbocycles. The Hall–Kier alpha value is -4.20. The van der Waals surface area contributed by atoms with Gasteiger partial charge in [0.15, 0.2) is 0 Å². The van der Waals surface area contributed by atoms with Crippen LogP contribution in [-0.2, 0) is 14.8 Å². The van der Waals surface area contributed by atoms with E-state index in [0.717, 1.165) is 5.56 Å². The number of carbonyl (C=O) groups is 1. The van der Waals surface area contributed by atoms with Crippen LogP contribution in [0.3, 0.4) is 0 Å². The quantitative estimate of drug-likeness (QED) is 0.233. The van der Waals surface area contributed by atoms with Crippen molar-refractivity contribution in [3.63, 3.8) is 0 Å². The van der Waals surface area contributed by atoms with E-state index >= 15 is 0 Å². The molecule has 1 amide bonds. The second kappa shape index (κ2) is 10.0. The maximum absolute atomic E-state index is 14.9. The summed E-state index contributed by atoms with van der Waals surface area (Å²) in [5, 5.41) is 6.60. The van der Waals surface area contributed by atoms with Crippen LogP contribution >= 0.6 is 11.6 Å². The highest BCUT2D eigenvalue weighted by molar-refractivity contribution is 7.92. The summed E-state index contributed by atoms with van der Waals surface area (Å²) in [5.74, 6) is -0.967. The molecule has 0 saturated carbocycles. The smallest absolute Gasteiger partial charge is 0.264 e. The van der Waals surface area contributed by atoms with Gasteiger partial charge in [0.1, 0.15) is 5.41 Å². The van der Waals surface area contributed by atoms with Gasteiger partial charge in [-0.3, -0.25) is 9.10 Å². The summed E-state index contributed by atoms with van der Waals surface area (Å²) in [7, 11) is -4.20. The van der Waals surface area contributed by atoms with Crippen molar-refractivity contribution >= 4 is 44.6 Å². The maximum atomic E-state index is 14.9. The molecule has 4 aromatic rings. The summed E-state index contributed by atoms with van der Waals surface area (Å²) in [6, 6.07) is 29.3. The molecule has 2 aliphatic rings. The minimum absolute atomic E-state index is 0.122. The van der Waals surface area contributed by atoms with Gasteiger partial charge in [-0.25, -0.2) is 8.42 Å². The molecule has 206 valence electrons. The molecule has 0 unspecified atom stereocenters. The first kappa shape index (κ1) is 27.0. The normalized spacial score (nSPS) is 22.0. The largest absolute Gasteiger partial charge is 0.271 e. The van der Waals surface area contributed by atoms with E-state index in [1.165, 1.54) is 9.31 Å². The van der Waals surface area contributed by atoms with Crippen LogP contribution < -0.4 is 9.31 Å². The predicted octanol–water partition coefficient (Wildman–Crippen LogP) is 7.28. The first-order valence-corrected chi connectivity index (χ1v) is 15.1. The molecule has 0 aliphatic carbocycles. The second-order valence-electron chi connectivity index (χ2n) is 10.4. The van der Waals surface area contributed by atoms with Crippen molar-refractivity contribution in [1.29, 1.82) is 0 Å². The maximum Gasteiger partial charge on any atom is 0.264 e. The number of nitrogens with zero attached hydrogens (tertiary/aromatic N) is 3. The molecular formula is C33H28ClN3O3S. The van der Waals surface area contributed by atoms with E-state index in [1.807, 2.05) is 67.6 Å². The lowest BCUT2D eigenvalue weighted by atomic mass is 9.60. The topological polar surface area (TPSA) is 70.1 Å². The van der Waals surface area contributed by atoms with Crippen LogP contribution in [-0.4, -0.2) is 20.0 Å². The lowest BCUT2D eigenvalue weighted by Crippen LogP contribution is -2.57. The molecule has 0 saturated heterocycles. The Balaban J connectivity index is 1.71. The van der Waals surface area contributed by atoms with Gasteiger partial charge in [-0.05, 0) is 67.4 Å². The van der Waals surface area contributed by atoms with Crippen molar-refractivity contribution in [3.8, 4) is 0 Å². The fourth-order valence-corrected chi connectivity index (χ4v) is 8.06. The van der Waals surface area contributed by atoms with E-state index in [9.17, 15) is 13.2 Å². The molecule has 41 heavy (non-hydrogen) atoms.